The molecule has 0 aromatic rings. The van der Waals surface area contributed by atoms with Crippen LogP contribution in [-0.4, -0.2) is 70.0 Å². The number of nitrogens with zero attached hydrogens (tertiary/aromatic N) is 1. The van der Waals surface area contributed by atoms with Gasteiger partial charge in [0.1, 0.15) is 19.8 Å². The Balaban J connectivity index is 4.11. The lowest BCUT2D eigenvalue weighted by Crippen LogP contribution is -2.37. The quantitative estimate of drug-likeness (QED) is 0.0195. The van der Waals surface area contributed by atoms with E-state index in [9.17, 15) is 19.0 Å². The molecule has 2 unspecified atom stereocenters. The minimum Gasteiger partial charge on any atom is -0.756 e. The summed E-state index contributed by atoms with van der Waals surface area (Å²) in [7, 11) is 1.12. The van der Waals surface area contributed by atoms with Gasteiger partial charge in [-0.05, 0) is 148 Å². The maximum absolute atomic E-state index is 12.9. The molecule has 0 spiro atoms. The van der Waals surface area contributed by atoms with Gasteiger partial charge in [0.2, 0.25) is 0 Å². The number of ether oxygens (including phenoxy) is 2. The normalized spacial score (nSPS) is 14.3. The van der Waals surface area contributed by atoms with Crippen LogP contribution in [0.5, 0.6) is 0 Å². The Kier molecular flexibility index (Phi) is 69.7. The average Bonchev–Trinajstić information content (AvgIpc) is 1.97. The van der Waals surface area contributed by atoms with Crippen molar-refractivity contribution in [2.75, 3.05) is 47.5 Å². The van der Waals surface area contributed by atoms with Gasteiger partial charge in [-0.3, -0.25) is 14.2 Å². The molecule has 0 saturated carbocycles. The summed E-state index contributed by atoms with van der Waals surface area (Å²) < 4.78 is 34.3. The molecule has 0 heterocycles. The number of unbranched alkanes of at least 4 members (excludes halogenated alkanes) is 19. The van der Waals surface area contributed by atoms with E-state index in [4.69, 9.17) is 18.5 Å². The van der Waals surface area contributed by atoms with Crippen molar-refractivity contribution in [1.29, 1.82) is 0 Å². The lowest BCUT2D eigenvalue weighted by Gasteiger charge is -2.28. The van der Waals surface area contributed by atoms with E-state index in [1.807, 2.05) is 21.1 Å². The number of rotatable bonds is 67. The summed E-state index contributed by atoms with van der Waals surface area (Å²) in [6.45, 7) is 3.96. The van der Waals surface area contributed by atoms with E-state index in [0.29, 0.717) is 23.9 Å². The Labute approximate surface area is 589 Å². The Hall–Kier alpha value is -5.41. The number of phosphoric ester groups is 1. The van der Waals surface area contributed by atoms with Crippen LogP contribution in [0.25, 0.3) is 0 Å². The standard InChI is InChI=1S/C86H138NO8P/c1-6-8-10-12-14-16-18-20-22-24-26-28-30-32-34-36-38-39-40-41-42-43-44-45-46-47-49-50-52-54-56-58-60-62-64-66-68-70-72-74-76-78-85(88)92-82-84(83-94-96(90,91)93-81-80-87(3,4)5)95-86(89)79-77-75-73-71-69-67-65-63-61-59-57-55-53-51-48-37-35-33-31-29-27-25-23-21-19-17-15-13-11-9-7-2/h8-11,14-17,20-23,26-29,32-35,38-39,41-42,44-45,48,51,55,57,61,63,67,69,84H,6-7,12-13,18-19,24-25,30-31,36-37,40,43,46-47,49-50,52-54,56,58-60,62,64-66,68,70-83H2,1-5H3/b10-8-,11-9-,16-14-,17-15-,22-20-,23-21-,28-26-,29-27-,34-32-,35-33-,39-38-,42-41-,45-44-,51-48-,57-55-,63-61-,69-67-. The first kappa shape index (κ1) is 90.6. The summed E-state index contributed by atoms with van der Waals surface area (Å²) in [5, 5.41) is 0. The highest BCUT2D eigenvalue weighted by Gasteiger charge is 2.22. The molecule has 0 fully saturated rings. The maximum Gasteiger partial charge on any atom is 0.306 e. The number of carbonyl (C=O) groups excluding carboxylic acids is 2. The Bertz CT molecular complexity index is 2380. The van der Waals surface area contributed by atoms with Gasteiger partial charge in [-0.2, -0.15) is 0 Å². The van der Waals surface area contributed by atoms with E-state index >= 15 is 0 Å². The molecule has 9 nitrogen and oxygen atoms in total. The average molecular weight is 1350 g/mol. The second-order valence-corrected chi connectivity index (χ2v) is 27.0. The number of likely N-dealkylation sites (N-methyl/N-ethyl adjacent to an activating group) is 1. The van der Waals surface area contributed by atoms with Crippen molar-refractivity contribution in [2.24, 2.45) is 0 Å². The number of allylic oxidation sites excluding steroid dienone is 34. The molecule has 2 atom stereocenters. The van der Waals surface area contributed by atoms with Gasteiger partial charge in [0.25, 0.3) is 7.82 Å². The number of carbonyl (C=O) groups is 2. The van der Waals surface area contributed by atoms with Crippen LogP contribution in [0.1, 0.15) is 271 Å². The third-order valence-electron chi connectivity index (χ3n) is 15.3. The van der Waals surface area contributed by atoms with E-state index < -0.39 is 32.5 Å². The van der Waals surface area contributed by atoms with Crippen LogP contribution in [-0.2, 0) is 32.7 Å². The minimum atomic E-state index is -4.67. The van der Waals surface area contributed by atoms with Gasteiger partial charge in [0.05, 0.1) is 27.7 Å². The zero-order valence-corrected chi connectivity index (χ0v) is 62.4. The molecule has 0 aliphatic rings. The van der Waals surface area contributed by atoms with Crippen molar-refractivity contribution in [3.63, 3.8) is 0 Å². The summed E-state index contributed by atoms with van der Waals surface area (Å²) in [5.74, 6) is -0.882. The molecule has 0 radical (unpaired) electrons. The van der Waals surface area contributed by atoms with Gasteiger partial charge in [-0.25, -0.2) is 0 Å². The number of hydrogen-bond acceptors (Lipinski definition) is 8. The molecule has 0 aromatic heterocycles. The molecule has 96 heavy (non-hydrogen) atoms. The molecule has 10 heteroatoms. The molecule has 0 N–H and O–H groups in total. The Morgan fingerprint density at radius 3 is 0.844 bits per heavy atom. The predicted molar refractivity (Wildman–Crippen MR) is 415 cm³/mol. The number of quaternary nitrogens is 1. The third kappa shape index (κ3) is 77.6. The van der Waals surface area contributed by atoms with Gasteiger partial charge in [0, 0.05) is 12.8 Å². The van der Waals surface area contributed by atoms with Crippen molar-refractivity contribution in [1.82, 2.24) is 0 Å². The van der Waals surface area contributed by atoms with Gasteiger partial charge >= 0.3 is 11.9 Å². The maximum atomic E-state index is 12.9. The predicted octanol–water partition coefficient (Wildman–Crippen LogP) is 24.7. The molecular formula is C86H138NO8P. The smallest absolute Gasteiger partial charge is 0.306 e. The minimum absolute atomic E-state index is 0.0476. The van der Waals surface area contributed by atoms with Crippen LogP contribution in [0.4, 0.5) is 0 Å². The highest BCUT2D eigenvalue weighted by atomic mass is 31.2. The second-order valence-electron chi connectivity index (χ2n) is 25.5. The monoisotopic (exact) mass is 1340 g/mol. The number of phosphoric acid groups is 1. The summed E-state index contributed by atoms with van der Waals surface area (Å²) in [6, 6.07) is 0. The van der Waals surface area contributed by atoms with E-state index in [0.717, 1.165) is 148 Å². The van der Waals surface area contributed by atoms with Crippen LogP contribution < -0.4 is 4.89 Å². The second kappa shape index (κ2) is 73.8. The molecule has 0 aliphatic heterocycles. The number of esters is 2. The molecule has 0 aromatic carbocycles. The first-order valence-electron chi connectivity index (χ1n) is 37.8. The molecule has 0 aliphatic carbocycles. The van der Waals surface area contributed by atoms with Crippen LogP contribution in [0, 0.1) is 0 Å². The van der Waals surface area contributed by atoms with Crippen LogP contribution >= 0.6 is 7.82 Å². The fourth-order valence-electron chi connectivity index (χ4n) is 9.61. The van der Waals surface area contributed by atoms with Crippen LogP contribution in [0.15, 0.2) is 207 Å². The highest BCUT2D eigenvalue weighted by molar-refractivity contribution is 7.45. The number of hydrogen-bond donors (Lipinski definition) is 0. The topological polar surface area (TPSA) is 111 Å². The van der Waals surface area contributed by atoms with E-state index in [1.54, 1.807) is 0 Å². The Morgan fingerprint density at radius 1 is 0.323 bits per heavy atom. The van der Waals surface area contributed by atoms with Crippen molar-refractivity contribution < 1.29 is 42.1 Å². The van der Waals surface area contributed by atoms with Crippen LogP contribution in [0.2, 0.25) is 0 Å². The zero-order valence-electron chi connectivity index (χ0n) is 61.5. The fourth-order valence-corrected chi connectivity index (χ4v) is 10.3. The Morgan fingerprint density at radius 2 is 0.562 bits per heavy atom. The van der Waals surface area contributed by atoms with Gasteiger partial charge in [-0.1, -0.05) is 317 Å². The molecule has 0 bridgehead atoms. The lowest BCUT2D eigenvalue weighted by atomic mass is 10.0. The van der Waals surface area contributed by atoms with E-state index in [1.165, 1.54) is 83.5 Å². The third-order valence-corrected chi connectivity index (χ3v) is 16.3. The molecule has 0 amide bonds. The first-order chi connectivity index (χ1) is 47.0. The highest BCUT2D eigenvalue weighted by Crippen LogP contribution is 2.38. The van der Waals surface area contributed by atoms with Gasteiger partial charge in [0.15, 0.2) is 6.10 Å². The van der Waals surface area contributed by atoms with Gasteiger partial charge < -0.3 is 27.9 Å². The van der Waals surface area contributed by atoms with Crippen molar-refractivity contribution >= 4 is 19.8 Å². The first-order valence-corrected chi connectivity index (χ1v) is 39.3. The SMILES string of the molecule is CC/C=C\C/C=C\C/C=C\C/C=C\C/C=C\C/C=C\C/C=C\C/C=C\C/C=C\CCCCCC(=O)OC(COC(=O)CCCCCCCCCCCCCCCCCC/C=C\C/C=C\C/C=C\C/C=C\C/C=C\C/C=C\C/C=C\C/C=C\CC)COP(=O)([O-])OCC[N+](C)(C)C. The zero-order chi connectivity index (χ0) is 69.7. The fraction of sp³-hybridized carbons (Fsp3) is 0.581. The van der Waals surface area contributed by atoms with E-state index in [-0.39, 0.29) is 26.1 Å². The summed E-state index contributed by atoms with van der Waals surface area (Å²) in [5.41, 5.74) is 0. The molecule has 0 saturated heterocycles. The molecule has 540 valence electrons. The van der Waals surface area contributed by atoms with Crippen molar-refractivity contribution in [3.05, 3.63) is 207 Å². The van der Waals surface area contributed by atoms with Crippen LogP contribution in [0.3, 0.4) is 0 Å². The summed E-state index contributed by atoms with van der Waals surface area (Å²) in [6.07, 6.45) is 116. The van der Waals surface area contributed by atoms with Gasteiger partial charge in [-0.15, -0.1) is 0 Å². The van der Waals surface area contributed by atoms with E-state index in [2.05, 4.69) is 220 Å². The lowest BCUT2D eigenvalue weighted by molar-refractivity contribution is -0.870. The van der Waals surface area contributed by atoms with Crippen molar-refractivity contribution in [2.45, 2.75) is 277 Å². The van der Waals surface area contributed by atoms with Crippen molar-refractivity contribution in [3.8, 4) is 0 Å². The molecule has 0 rings (SSSR count). The largest absolute Gasteiger partial charge is 0.756 e. The summed E-state index contributed by atoms with van der Waals surface area (Å²) >= 11 is 0. The summed E-state index contributed by atoms with van der Waals surface area (Å²) in [4.78, 5) is 38.1. The molecular weight excluding hydrogens is 1210 g/mol.